The maximum atomic E-state index is 9.82. The van der Waals surface area contributed by atoms with E-state index in [1.165, 1.54) is 0 Å². The summed E-state index contributed by atoms with van der Waals surface area (Å²) in [6.07, 6.45) is 0. The third kappa shape index (κ3) is 2.76. The van der Waals surface area contributed by atoms with E-state index in [2.05, 4.69) is 19.4 Å². The van der Waals surface area contributed by atoms with Crippen molar-refractivity contribution in [1.82, 2.24) is 0 Å². The largest absolute Gasteiger partial charge is 0.360 e. The molecule has 0 bridgehead atoms. The first kappa shape index (κ1) is 23.3. The zero-order chi connectivity index (χ0) is 19.8. The number of aliphatic hydroxyl groups is 2. The summed E-state index contributed by atoms with van der Waals surface area (Å²) in [6, 6.07) is 0. The van der Waals surface area contributed by atoms with Gasteiger partial charge in [-0.1, -0.05) is 0 Å². The summed E-state index contributed by atoms with van der Waals surface area (Å²) >= 11 is 0. The molecule has 26 N–H and O–H groups in total. The Kier molecular flexibility index (Phi) is 6.34. The molecular weight excluding hydrogens is 336 g/mol. The number of hydrogen-bond acceptors (Lipinski definition) is 18. The molecule has 0 heterocycles. The van der Waals surface area contributed by atoms with Crippen LogP contribution in [0.1, 0.15) is 0 Å². The van der Waals surface area contributed by atoms with Gasteiger partial charge in [0.1, 0.15) is 0 Å². The van der Waals surface area contributed by atoms with Gasteiger partial charge in [-0.15, -0.1) is 0 Å². The van der Waals surface area contributed by atoms with Crippen molar-refractivity contribution in [2.45, 2.75) is 34.6 Å². The van der Waals surface area contributed by atoms with Crippen LogP contribution in [0.15, 0.2) is 0 Å². The molecule has 24 heavy (non-hydrogen) atoms. The predicted molar refractivity (Wildman–Crippen MR) is 75.4 cm³/mol. The van der Waals surface area contributed by atoms with Gasteiger partial charge in [-0.3, -0.25) is 65.2 Å². The molecule has 0 aromatic heterocycles. The molecule has 0 saturated carbocycles. The minimum atomic E-state index is -3.23. The average Bonchev–Trinajstić information content (AvgIpc) is 2.48. The lowest BCUT2D eigenvalue weighted by atomic mass is 9.78. The summed E-state index contributed by atoms with van der Waals surface area (Å²) in [5.74, 6) is 13.7. The Morgan fingerprint density at radius 2 is 0.583 bits per heavy atom. The van der Waals surface area contributed by atoms with Crippen molar-refractivity contribution in [3.8, 4) is 0 Å². The highest BCUT2D eigenvalue weighted by molar-refractivity contribution is 5.19. The maximum Gasteiger partial charge on any atom is 0.242 e. The van der Waals surface area contributed by atoms with E-state index in [0.29, 0.717) is 0 Å². The van der Waals surface area contributed by atoms with Gasteiger partial charge < -0.3 is 10.2 Å². The fourth-order valence-electron chi connectivity index (χ4n) is 1.86. The Morgan fingerprint density at radius 1 is 0.417 bits per heavy atom. The van der Waals surface area contributed by atoms with Gasteiger partial charge in [0.15, 0.2) is 0 Å². The molecule has 18 heteroatoms. The van der Waals surface area contributed by atoms with Crippen molar-refractivity contribution in [3.63, 3.8) is 0 Å². The van der Waals surface area contributed by atoms with Gasteiger partial charge in [0.2, 0.25) is 34.6 Å². The molecule has 0 aliphatic heterocycles. The fourth-order valence-corrected chi connectivity index (χ4v) is 1.86. The van der Waals surface area contributed by atoms with Crippen molar-refractivity contribution < 1.29 is 29.6 Å². The molecule has 0 radical (unpaired) electrons. The van der Waals surface area contributed by atoms with Crippen LogP contribution in [0.4, 0.5) is 0 Å². The molecule has 0 aliphatic rings. The molecule has 0 rings (SSSR count). The molecule has 0 aromatic carbocycles. The van der Waals surface area contributed by atoms with E-state index in [4.69, 9.17) is 69.5 Å². The van der Waals surface area contributed by atoms with Gasteiger partial charge in [-0.25, -0.2) is 23.6 Å². The van der Waals surface area contributed by atoms with Crippen LogP contribution in [0.25, 0.3) is 0 Å². The lowest BCUT2D eigenvalue weighted by molar-refractivity contribution is -0.391. The van der Waals surface area contributed by atoms with Gasteiger partial charge in [0, 0.05) is 0 Å². The SMILES string of the molecule is NO[C@@](N)([C@](N)(ON)[C@](N)(ON)C(N)(N)O)[C@@](N)(ON)C(N)(N)O. The van der Waals surface area contributed by atoms with Gasteiger partial charge in [-0.05, 0) is 0 Å². The van der Waals surface area contributed by atoms with Crippen molar-refractivity contribution in [2.24, 2.45) is 69.5 Å². The van der Waals surface area contributed by atoms with Crippen molar-refractivity contribution in [1.29, 1.82) is 0 Å². The van der Waals surface area contributed by atoms with E-state index < -0.39 is 34.6 Å². The van der Waals surface area contributed by atoms with E-state index in [9.17, 15) is 10.2 Å². The minimum Gasteiger partial charge on any atom is -0.360 e. The highest BCUT2D eigenvalue weighted by Crippen LogP contribution is 2.39. The zero-order valence-electron chi connectivity index (χ0n) is 12.5. The first-order valence-electron chi connectivity index (χ1n) is 5.77. The second-order valence-corrected chi connectivity index (χ2v) is 5.06. The second-order valence-electron chi connectivity index (χ2n) is 5.06. The molecule has 0 aromatic rings. The van der Waals surface area contributed by atoms with Crippen LogP contribution < -0.4 is 69.5 Å². The van der Waals surface area contributed by atoms with Crippen molar-refractivity contribution in [2.75, 3.05) is 0 Å². The Balaban J connectivity index is 6.83. The Bertz CT molecular complexity index is 403. The summed E-state index contributed by atoms with van der Waals surface area (Å²) in [4.78, 5) is 17.3. The van der Waals surface area contributed by atoms with E-state index in [-0.39, 0.29) is 0 Å². The topological polar surface area (TPSA) is 390 Å². The molecular formula is C6H26N12O6. The summed E-state index contributed by atoms with van der Waals surface area (Å²) in [7, 11) is 0. The first-order valence-corrected chi connectivity index (χ1v) is 5.77. The maximum absolute atomic E-state index is 9.82. The van der Waals surface area contributed by atoms with Crippen LogP contribution in [0.3, 0.4) is 0 Å². The number of hydrogen-bond donors (Lipinski definition) is 14. The van der Waals surface area contributed by atoms with Crippen LogP contribution in [0.5, 0.6) is 0 Å². The van der Waals surface area contributed by atoms with Crippen LogP contribution in [-0.2, 0) is 19.4 Å². The number of nitrogens with two attached hydrogens (primary N) is 12. The van der Waals surface area contributed by atoms with Gasteiger partial charge in [0.05, 0.1) is 0 Å². The van der Waals surface area contributed by atoms with E-state index in [0.717, 1.165) is 0 Å². The minimum absolute atomic E-state index is 3.14. The molecule has 0 spiro atoms. The summed E-state index contributed by atoms with van der Waals surface area (Å²) in [6.45, 7) is 0. The smallest absolute Gasteiger partial charge is 0.242 e. The Hall–Kier alpha value is -0.720. The van der Waals surface area contributed by atoms with Crippen molar-refractivity contribution >= 4 is 0 Å². The highest BCUT2D eigenvalue weighted by atomic mass is 16.8. The fraction of sp³-hybridized carbons (Fsp3) is 1.00. The van der Waals surface area contributed by atoms with E-state index >= 15 is 0 Å². The Labute approximate surface area is 135 Å². The third-order valence-electron chi connectivity index (χ3n) is 3.59. The van der Waals surface area contributed by atoms with Gasteiger partial charge in [-0.2, -0.15) is 0 Å². The standard InChI is InChI=1S/C6H26N12O6/c7-1(21-15,3(9,23-17)5(11,12)19)2(8,22-16)4(10,24-18)6(13,14)20/h19-20H,7-18H2/t1-,2-,3-,4+/m0/s1. The lowest BCUT2D eigenvalue weighted by Crippen LogP contribution is -2.99. The summed E-state index contributed by atoms with van der Waals surface area (Å²) in [5.41, 5.74) is 30.9. The second kappa shape index (κ2) is 6.54. The highest BCUT2D eigenvalue weighted by Gasteiger charge is 2.78. The molecule has 0 unspecified atom stereocenters. The molecule has 0 aliphatic carbocycles. The van der Waals surface area contributed by atoms with Crippen molar-refractivity contribution in [3.05, 3.63) is 0 Å². The van der Waals surface area contributed by atoms with E-state index in [1.807, 2.05) is 0 Å². The molecule has 0 fully saturated rings. The molecule has 0 saturated heterocycles. The summed E-state index contributed by atoms with van der Waals surface area (Å²) < 4.78 is 0. The Morgan fingerprint density at radius 3 is 0.667 bits per heavy atom. The molecule has 4 atom stereocenters. The summed E-state index contributed by atoms with van der Waals surface area (Å²) in [5, 5.41) is 19.6. The normalized spacial score (nSPS) is 23.8. The van der Waals surface area contributed by atoms with Crippen LogP contribution >= 0.6 is 0 Å². The molecule has 18 nitrogen and oxygen atoms in total. The average molecular weight is 362 g/mol. The van der Waals surface area contributed by atoms with E-state index in [1.54, 1.807) is 0 Å². The molecule has 146 valence electrons. The van der Waals surface area contributed by atoms with Gasteiger partial charge in [0.25, 0.3) is 0 Å². The predicted octanol–water partition coefficient (Wildman–Crippen LogP) is -9.71. The monoisotopic (exact) mass is 362 g/mol. The van der Waals surface area contributed by atoms with Crippen LogP contribution in [0, 0.1) is 0 Å². The zero-order valence-corrected chi connectivity index (χ0v) is 12.5. The van der Waals surface area contributed by atoms with Gasteiger partial charge >= 0.3 is 0 Å². The lowest BCUT2D eigenvalue weighted by Gasteiger charge is -2.58. The molecule has 0 amide bonds. The quantitative estimate of drug-likeness (QED) is 0.133. The first-order chi connectivity index (χ1) is 10.5. The van der Waals surface area contributed by atoms with Crippen LogP contribution in [-0.4, -0.2) is 44.8 Å². The van der Waals surface area contributed by atoms with Crippen LogP contribution in [0.2, 0.25) is 0 Å². The third-order valence-corrected chi connectivity index (χ3v) is 3.59. The number of rotatable bonds is 9.